The van der Waals surface area contributed by atoms with Crippen molar-refractivity contribution in [2.24, 2.45) is 0 Å². The lowest BCUT2D eigenvalue weighted by Crippen LogP contribution is -1.94. The summed E-state index contributed by atoms with van der Waals surface area (Å²) in [5.74, 6) is 0. The van der Waals surface area contributed by atoms with Gasteiger partial charge >= 0.3 is 0 Å². The second-order valence-electron chi connectivity index (χ2n) is 3.37. The first-order valence-corrected chi connectivity index (χ1v) is 5.85. The standard InChI is InChI=1S/C12H8N2O3S/c15-8-9-7-10(4-5-11(9)14(16)17)18-12-3-1-2-6-13-12/h1-8H. The van der Waals surface area contributed by atoms with Crippen LogP contribution in [-0.2, 0) is 0 Å². The van der Waals surface area contributed by atoms with Gasteiger partial charge in [-0.1, -0.05) is 17.8 Å². The third-order valence-corrected chi connectivity index (χ3v) is 3.12. The summed E-state index contributed by atoms with van der Waals surface area (Å²) < 4.78 is 0. The molecule has 6 heteroatoms. The van der Waals surface area contributed by atoms with Crippen LogP contribution in [0, 0.1) is 10.1 Å². The number of nitro groups is 1. The molecular weight excluding hydrogens is 252 g/mol. The topological polar surface area (TPSA) is 73.1 Å². The van der Waals surface area contributed by atoms with E-state index in [4.69, 9.17) is 0 Å². The van der Waals surface area contributed by atoms with Crippen LogP contribution >= 0.6 is 11.8 Å². The molecule has 0 aliphatic rings. The summed E-state index contributed by atoms with van der Waals surface area (Å²) in [6, 6.07) is 9.90. The number of nitrogens with zero attached hydrogens (tertiary/aromatic N) is 2. The van der Waals surface area contributed by atoms with Crippen LogP contribution in [0.5, 0.6) is 0 Å². The average Bonchev–Trinajstić information content (AvgIpc) is 2.39. The Labute approximate surface area is 107 Å². The summed E-state index contributed by atoms with van der Waals surface area (Å²) in [5, 5.41) is 11.4. The summed E-state index contributed by atoms with van der Waals surface area (Å²) in [7, 11) is 0. The summed E-state index contributed by atoms with van der Waals surface area (Å²) in [5.41, 5.74) is -0.115. The van der Waals surface area contributed by atoms with Crippen LogP contribution in [0.4, 0.5) is 5.69 Å². The molecule has 0 bridgehead atoms. The maximum absolute atomic E-state index is 10.8. The summed E-state index contributed by atoms with van der Waals surface area (Å²) in [6.45, 7) is 0. The van der Waals surface area contributed by atoms with Gasteiger partial charge in [0.1, 0.15) is 5.03 Å². The van der Waals surface area contributed by atoms with Crippen LogP contribution in [0.1, 0.15) is 10.4 Å². The van der Waals surface area contributed by atoms with Crippen molar-refractivity contribution < 1.29 is 9.72 Å². The number of rotatable bonds is 4. The monoisotopic (exact) mass is 260 g/mol. The van der Waals surface area contributed by atoms with Gasteiger partial charge in [-0.15, -0.1) is 0 Å². The fourth-order valence-corrected chi connectivity index (χ4v) is 2.21. The van der Waals surface area contributed by atoms with Crippen LogP contribution in [0.15, 0.2) is 52.5 Å². The third-order valence-electron chi connectivity index (χ3n) is 2.18. The predicted molar refractivity (Wildman–Crippen MR) is 66.8 cm³/mol. The van der Waals surface area contributed by atoms with E-state index in [0.29, 0.717) is 6.29 Å². The molecule has 0 aliphatic heterocycles. The van der Waals surface area contributed by atoms with E-state index in [0.717, 1.165) is 9.92 Å². The van der Waals surface area contributed by atoms with E-state index in [1.165, 1.54) is 23.9 Å². The van der Waals surface area contributed by atoms with Gasteiger partial charge in [0.05, 0.1) is 10.5 Å². The number of pyridine rings is 1. The molecule has 0 saturated carbocycles. The molecule has 0 N–H and O–H groups in total. The van der Waals surface area contributed by atoms with E-state index in [2.05, 4.69) is 4.98 Å². The predicted octanol–water partition coefficient (Wildman–Crippen LogP) is 2.95. The number of aldehydes is 1. The lowest BCUT2D eigenvalue weighted by molar-refractivity contribution is -0.385. The van der Waals surface area contributed by atoms with Gasteiger partial charge in [0, 0.05) is 17.2 Å². The maximum atomic E-state index is 10.8. The van der Waals surface area contributed by atoms with Crippen molar-refractivity contribution in [3.63, 3.8) is 0 Å². The molecule has 1 aromatic carbocycles. The van der Waals surface area contributed by atoms with Crippen LogP contribution in [-0.4, -0.2) is 16.2 Å². The van der Waals surface area contributed by atoms with E-state index in [1.54, 1.807) is 18.3 Å². The van der Waals surface area contributed by atoms with E-state index in [9.17, 15) is 14.9 Å². The molecule has 5 nitrogen and oxygen atoms in total. The second-order valence-corrected chi connectivity index (χ2v) is 4.46. The van der Waals surface area contributed by atoms with Crippen molar-refractivity contribution in [2.45, 2.75) is 9.92 Å². The molecule has 0 saturated heterocycles. The summed E-state index contributed by atoms with van der Waals surface area (Å²) in [6.07, 6.45) is 2.15. The van der Waals surface area contributed by atoms with Gasteiger partial charge in [0.15, 0.2) is 6.29 Å². The lowest BCUT2D eigenvalue weighted by atomic mass is 10.2. The third kappa shape index (κ3) is 2.72. The quantitative estimate of drug-likeness (QED) is 0.480. The van der Waals surface area contributed by atoms with Crippen molar-refractivity contribution in [1.82, 2.24) is 4.98 Å². The molecule has 0 atom stereocenters. The Morgan fingerprint density at radius 2 is 2.11 bits per heavy atom. The molecule has 0 amide bonds. The number of hydrogen-bond donors (Lipinski definition) is 0. The van der Waals surface area contributed by atoms with E-state index in [1.807, 2.05) is 12.1 Å². The Hall–Kier alpha value is -2.21. The first kappa shape index (κ1) is 12.3. The molecule has 90 valence electrons. The molecule has 1 aromatic heterocycles. The Balaban J connectivity index is 2.31. The highest BCUT2D eigenvalue weighted by atomic mass is 32.2. The molecule has 0 aliphatic carbocycles. The molecule has 0 spiro atoms. The molecule has 0 fully saturated rings. The minimum atomic E-state index is -0.570. The molecule has 18 heavy (non-hydrogen) atoms. The highest BCUT2D eigenvalue weighted by Crippen LogP contribution is 2.29. The Bertz CT molecular complexity index is 587. The zero-order chi connectivity index (χ0) is 13.0. The van der Waals surface area contributed by atoms with E-state index in [-0.39, 0.29) is 11.3 Å². The maximum Gasteiger partial charge on any atom is 0.279 e. The first-order valence-electron chi connectivity index (χ1n) is 5.03. The fraction of sp³-hybridized carbons (Fsp3) is 0. The number of carbonyl (C=O) groups excluding carboxylic acids is 1. The van der Waals surface area contributed by atoms with Crippen LogP contribution in [0.25, 0.3) is 0 Å². The van der Waals surface area contributed by atoms with Crippen molar-refractivity contribution in [3.05, 3.63) is 58.3 Å². The Morgan fingerprint density at radius 1 is 1.28 bits per heavy atom. The van der Waals surface area contributed by atoms with Gasteiger partial charge in [-0.3, -0.25) is 14.9 Å². The van der Waals surface area contributed by atoms with Gasteiger partial charge in [-0.2, -0.15) is 0 Å². The van der Waals surface area contributed by atoms with Gasteiger partial charge in [-0.05, 0) is 24.3 Å². The minimum absolute atomic E-state index is 0.0703. The molecule has 2 rings (SSSR count). The fourth-order valence-electron chi connectivity index (χ4n) is 1.38. The first-order chi connectivity index (χ1) is 8.70. The van der Waals surface area contributed by atoms with Crippen LogP contribution in [0.3, 0.4) is 0 Å². The minimum Gasteiger partial charge on any atom is -0.298 e. The Morgan fingerprint density at radius 3 is 2.72 bits per heavy atom. The second kappa shape index (κ2) is 5.42. The molecule has 2 aromatic rings. The van der Waals surface area contributed by atoms with E-state index >= 15 is 0 Å². The summed E-state index contributed by atoms with van der Waals surface area (Å²) in [4.78, 5) is 25.8. The van der Waals surface area contributed by atoms with Crippen molar-refractivity contribution in [1.29, 1.82) is 0 Å². The van der Waals surface area contributed by atoms with Gasteiger partial charge in [-0.25, -0.2) is 4.98 Å². The SMILES string of the molecule is O=Cc1cc(Sc2ccccn2)ccc1[N+](=O)[O-]. The van der Waals surface area contributed by atoms with Gasteiger partial charge < -0.3 is 0 Å². The summed E-state index contributed by atoms with van der Waals surface area (Å²) >= 11 is 1.34. The normalized spacial score (nSPS) is 10.0. The van der Waals surface area contributed by atoms with Gasteiger partial charge in [0.25, 0.3) is 5.69 Å². The van der Waals surface area contributed by atoms with E-state index < -0.39 is 4.92 Å². The smallest absolute Gasteiger partial charge is 0.279 e. The number of nitro benzene ring substituents is 1. The molecule has 0 radical (unpaired) electrons. The zero-order valence-electron chi connectivity index (χ0n) is 9.15. The van der Waals surface area contributed by atoms with Crippen molar-refractivity contribution in [3.8, 4) is 0 Å². The van der Waals surface area contributed by atoms with Gasteiger partial charge in [0.2, 0.25) is 0 Å². The molecular formula is C12H8N2O3S. The molecule has 0 unspecified atom stereocenters. The Kier molecular flexibility index (Phi) is 3.69. The highest BCUT2D eigenvalue weighted by molar-refractivity contribution is 7.99. The van der Waals surface area contributed by atoms with Crippen LogP contribution < -0.4 is 0 Å². The number of aromatic nitrogens is 1. The average molecular weight is 260 g/mol. The largest absolute Gasteiger partial charge is 0.298 e. The van der Waals surface area contributed by atoms with Crippen molar-refractivity contribution >= 4 is 23.7 Å². The number of benzene rings is 1. The lowest BCUT2D eigenvalue weighted by Gasteiger charge is -2.02. The number of hydrogen-bond acceptors (Lipinski definition) is 5. The molecule has 1 heterocycles. The number of carbonyl (C=O) groups is 1. The highest BCUT2D eigenvalue weighted by Gasteiger charge is 2.13. The van der Waals surface area contributed by atoms with Crippen molar-refractivity contribution in [2.75, 3.05) is 0 Å². The van der Waals surface area contributed by atoms with Crippen LogP contribution in [0.2, 0.25) is 0 Å². The zero-order valence-corrected chi connectivity index (χ0v) is 9.96.